The molecule has 2 aromatic carbocycles. The van der Waals surface area contributed by atoms with Crippen LogP contribution in [-0.2, 0) is 29.0 Å². The van der Waals surface area contributed by atoms with Crippen molar-refractivity contribution in [3.8, 4) is 11.5 Å². The van der Waals surface area contributed by atoms with Crippen molar-refractivity contribution >= 4 is 4.31 Å². The number of hydrogen-bond acceptors (Lipinski definition) is 3. The van der Waals surface area contributed by atoms with Crippen LogP contribution in [0.15, 0.2) is 60.8 Å². The van der Waals surface area contributed by atoms with Crippen LogP contribution in [0.4, 0.5) is 0 Å². The SMILES string of the molecule is Cc1ccc([O][Ti](=[CH]c2ccccn2)[O]c2ccc(C)cc2C(C)(C)C)c(C(C)(C)C)c1. The van der Waals surface area contributed by atoms with Crippen molar-refractivity contribution in [2.24, 2.45) is 0 Å². The van der Waals surface area contributed by atoms with Crippen molar-refractivity contribution in [1.29, 1.82) is 0 Å². The topological polar surface area (TPSA) is 31.4 Å². The third-order valence-electron chi connectivity index (χ3n) is 5.26. The molecule has 0 bridgehead atoms. The normalized spacial score (nSPS) is 11.8. The van der Waals surface area contributed by atoms with Gasteiger partial charge in [0.25, 0.3) is 0 Å². The van der Waals surface area contributed by atoms with Crippen molar-refractivity contribution in [2.75, 3.05) is 0 Å². The maximum atomic E-state index is 6.68. The third-order valence-corrected chi connectivity index (χ3v) is 7.41. The van der Waals surface area contributed by atoms with Crippen LogP contribution < -0.4 is 6.64 Å². The summed E-state index contributed by atoms with van der Waals surface area (Å²) in [4.78, 5) is 4.50. The molecule has 0 aliphatic carbocycles. The standard InChI is InChI=1S/2C11H16O.C6H5N.Ti/c2*1-8-5-6-10(12)9(7-8)11(2,3)4;1-6-4-2-3-5-7-6;/h2*5-7,12H,1-4H3;1-5H;/q;;;+2/p-2. The second-order valence-electron chi connectivity index (χ2n) is 10.4. The average molecular weight is 465 g/mol. The molecule has 3 aromatic rings. The summed E-state index contributed by atoms with van der Waals surface area (Å²) in [5, 5.41) is 0. The zero-order valence-corrected chi connectivity index (χ0v) is 22.2. The van der Waals surface area contributed by atoms with E-state index in [9.17, 15) is 0 Å². The Kier molecular flexibility index (Phi) is 7.42. The van der Waals surface area contributed by atoms with E-state index in [1.165, 1.54) is 22.3 Å². The molecule has 32 heavy (non-hydrogen) atoms. The molecule has 3 nitrogen and oxygen atoms in total. The van der Waals surface area contributed by atoms with Gasteiger partial charge in [0.2, 0.25) is 0 Å². The van der Waals surface area contributed by atoms with Gasteiger partial charge in [-0.05, 0) is 0 Å². The van der Waals surface area contributed by atoms with Gasteiger partial charge in [0.15, 0.2) is 0 Å². The summed E-state index contributed by atoms with van der Waals surface area (Å²) >= 11 is -2.67. The minimum atomic E-state index is -2.67. The van der Waals surface area contributed by atoms with E-state index in [2.05, 4.69) is 101 Å². The molecule has 0 amide bonds. The van der Waals surface area contributed by atoms with Gasteiger partial charge in [0.05, 0.1) is 0 Å². The molecule has 0 fully saturated rings. The maximum absolute atomic E-state index is 6.68. The first kappa shape index (κ1) is 24.4. The van der Waals surface area contributed by atoms with Crippen LogP contribution in [0.25, 0.3) is 0 Å². The number of benzene rings is 2. The summed E-state index contributed by atoms with van der Waals surface area (Å²) < 4.78 is 15.5. The first-order chi connectivity index (χ1) is 14.9. The Morgan fingerprint density at radius 1 is 0.719 bits per heavy atom. The van der Waals surface area contributed by atoms with Gasteiger partial charge in [0.1, 0.15) is 0 Å². The van der Waals surface area contributed by atoms with Crippen molar-refractivity contribution in [2.45, 2.75) is 66.2 Å². The molecule has 0 atom stereocenters. The van der Waals surface area contributed by atoms with Crippen LogP contribution in [-0.4, -0.2) is 9.30 Å². The zero-order valence-electron chi connectivity index (χ0n) is 20.6. The Hall–Kier alpha value is -2.23. The molecule has 3 rings (SSSR count). The van der Waals surface area contributed by atoms with Gasteiger partial charge in [-0.1, -0.05) is 0 Å². The van der Waals surface area contributed by atoms with E-state index < -0.39 is 18.2 Å². The van der Waals surface area contributed by atoms with E-state index in [0.717, 1.165) is 17.2 Å². The zero-order chi connectivity index (χ0) is 23.5. The summed E-state index contributed by atoms with van der Waals surface area (Å²) in [7, 11) is 0. The van der Waals surface area contributed by atoms with Gasteiger partial charge in [-0.25, -0.2) is 0 Å². The fourth-order valence-electron chi connectivity index (χ4n) is 3.52. The number of aromatic nitrogens is 1. The summed E-state index contributed by atoms with van der Waals surface area (Å²) in [5.41, 5.74) is 5.67. The first-order valence-electron chi connectivity index (χ1n) is 11.1. The Balaban J connectivity index is 2.08. The molecule has 0 saturated carbocycles. The Labute approximate surface area is 200 Å². The van der Waals surface area contributed by atoms with Gasteiger partial charge in [-0.15, -0.1) is 0 Å². The molecular formula is C28H35NO2Ti. The number of hydrogen-bond donors (Lipinski definition) is 0. The van der Waals surface area contributed by atoms with Crippen LogP contribution in [0, 0.1) is 13.8 Å². The van der Waals surface area contributed by atoms with Gasteiger partial charge >= 0.3 is 201 Å². The van der Waals surface area contributed by atoms with Crippen LogP contribution in [0.3, 0.4) is 0 Å². The number of rotatable bonds is 5. The van der Waals surface area contributed by atoms with Gasteiger partial charge < -0.3 is 0 Å². The monoisotopic (exact) mass is 465 g/mol. The van der Waals surface area contributed by atoms with Crippen molar-refractivity contribution in [3.63, 3.8) is 0 Å². The predicted octanol–water partition coefficient (Wildman–Crippen LogP) is 7.05. The van der Waals surface area contributed by atoms with E-state index in [1.807, 2.05) is 18.2 Å². The summed E-state index contributed by atoms with van der Waals surface area (Å²) in [6, 6.07) is 18.7. The van der Waals surface area contributed by atoms with E-state index in [1.54, 1.807) is 6.20 Å². The first-order valence-corrected chi connectivity index (χ1v) is 13.3. The quantitative estimate of drug-likeness (QED) is 0.379. The third kappa shape index (κ3) is 6.40. The molecule has 0 aliphatic rings. The van der Waals surface area contributed by atoms with E-state index in [0.29, 0.717) is 0 Å². The molecule has 0 radical (unpaired) electrons. The van der Waals surface area contributed by atoms with E-state index in [4.69, 9.17) is 6.64 Å². The molecule has 1 heterocycles. The molecule has 1 aromatic heterocycles. The fourth-order valence-corrected chi connectivity index (χ4v) is 5.64. The summed E-state index contributed by atoms with van der Waals surface area (Å²) in [5.74, 6) is 1.80. The number of aryl methyl sites for hydroxylation is 2. The molecule has 0 saturated heterocycles. The Bertz CT molecular complexity index is 1040. The summed E-state index contributed by atoms with van der Waals surface area (Å²) in [6.45, 7) is 17.5. The molecule has 0 N–H and O–H groups in total. The fraction of sp³-hybridized carbons (Fsp3) is 0.357. The molecule has 0 aliphatic heterocycles. The van der Waals surface area contributed by atoms with Crippen LogP contribution in [0.5, 0.6) is 11.5 Å². The minimum absolute atomic E-state index is 0.0315. The van der Waals surface area contributed by atoms with Crippen LogP contribution >= 0.6 is 0 Å². The molecule has 0 spiro atoms. The van der Waals surface area contributed by atoms with Gasteiger partial charge in [-0.3, -0.25) is 0 Å². The van der Waals surface area contributed by atoms with Crippen molar-refractivity contribution in [1.82, 2.24) is 4.98 Å². The van der Waals surface area contributed by atoms with Crippen LogP contribution in [0.1, 0.15) is 69.5 Å². The van der Waals surface area contributed by atoms with Crippen molar-refractivity contribution in [3.05, 3.63) is 88.7 Å². The number of nitrogens with zero attached hydrogens (tertiary/aromatic N) is 1. The predicted molar refractivity (Wildman–Crippen MR) is 130 cm³/mol. The van der Waals surface area contributed by atoms with Crippen molar-refractivity contribution < 1.29 is 24.8 Å². The van der Waals surface area contributed by atoms with Gasteiger partial charge in [-0.2, -0.15) is 0 Å². The van der Waals surface area contributed by atoms with E-state index >= 15 is 0 Å². The second-order valence-corrected chi connectivity index (χ2v) is 12.5. The molecule has 0 unspecified atom stereocenters. The second kappa shape index (κ2) is 9.73. The molecule has 168 valence electrons. The Morgan fingerprint density at radius 2 is 1.22 bits per heavy atom. The van der Waals surface area contributed by atoms with Crippen LogP contribution in [0.2, 0.25) is 0 Å². The average Bonchev–Trinajstić information content (AvgIpc) is 2.70. The molecular weight excluding hydrogens is 430 g/mol. The number of pyridine rings is 1. The van der Waals surface area contributed by atoms with Gasteiger partial charge in [0, 0.05) is 0 Å². The van der Waals surface area contributed by atoms with E-state index in [-0.39, 0.29) is 10.8 Å². The Morgan fingerprint density at radius 3 is 1.62 bits per heavy atom. The molecule has 4 heteroatoms. The summed E-state index contributed by atoms with van der Waals surface area (Å²) in [6.07, 6.45) is 1.81.